The van der Waals surface area contributed by atoms with Gasteiger partial charge in [0, 0.05) is 39.8 Å². The summed E-state index contributed by atoms with van der Waals surface area (Å²) in [5.41, 5.74) is 2.48. The second-order valence-electron chi connectivity index (χ2n) is 3.14. The monoisotopic (exact) mass is 272 g/mol. The number of hydrogen-bond donors (Lipinski definition) is 1. The molecule has 0 amide bonds. The molecule has 0 bridgehead atoms. The van der Waals surface area contributed by atoms with E-state index in [9.17, 15) is 0 Å². The van der Waals surface area contributed by atoms with E-state index in [1.54, 1.807) is 0 Å². The van der Waals surface area contributed by atoms with Gasteiger partial charge in [-0.25, -0.2) is 0 Å². The van der Waals surface area contributed by atoms with E-state index in [1.165, 1.54) is 19.9 Å². The Morgan fingerprint density at radius 2 is 2.14 bits per heavy atom. The van der Waals surface area contributed by atoms with Crippen LogP contribution in [0.25, 0.3) is 10.9 Å². The molecule has 2 nitrogen and oxygen atoms in total. The van der Waals surface area contributed by atoms with E-state index in [0.717, 1.165) is 13.0 Å². The summed E-state index contributed by atoms with van der Waals surface area (Å²) < 4.78 is 1.49. The summed E-state index contributed by atoms with van der Waals surface area (Å²) in [4.78, 5) is 3.23. The summed E-state index contributed by atoms with van der Waals surface area (Å²) >= 11 is 8.86. The van der Waals surface area contributed by atoms with E-state index in [0.29, 0.717) is 0 Å². The zero-order valence-electron chi connectivity index (χ0n) is 7.50. The lowest BCUT2D eigenvalue weighted by Crippen LogP contribution is -2.02. The molecule has 0 saturated heterocycles. The molecule has 4 heteroatoms. The largest absolute Gasteiger partial charge is 0.361 e. The van der Waals surface area contributed by atoms with Gasteiger partial charge in [0.2, 0.25) is 0 Å². The van der Waals surface area contributed by atoms with Crippen LogP contribution in [0.5, 0.6) is 0 Å². The van der Waals surface area contributed by atoms with Gasteiger partial charge in [-0.2, -0.15) is 3.45 Å². The van der Waals surface area contributed by atoms with Crippen LogP contribution in [-0.2, 0) is 6.42 Å². The highest BCUT2D eigenvalue weighted by Gasteiger charge is 2.03. The summed E-state index contributed by atoms with van der Waals surface area (Å²) in [6.07, 6.45) is 2.97. The van der Waals surface area contributed by atoms with Crippen LogP contribution >= 0.6 is 27.9 Å². The summed E-state index contributed by atoms with van der Waals surface area (Å²) in [7, 11) is 0. The first-order valence-corrected chi connectivity index (χ1v) is 5.46. The third kappa shape index (κ3) is 2.11. The summed E-state index contributed by atoms with van der Waals surface area (Å²) in [6.45, 7) is 0.781. The fourth-order valence-corrected chi connectivity index (χ4v) is 1.81. The maximum absolute atomic E-state index is 5.69. The molecule has 74 valence electrons. The number of para-hydroxylation sites is 1. The van der Waals surface area contributed by atoms with Gasteiger partial charge in [-0.3, -0.25) is 0 Å². The highest BCUT2D eigenvalue weighted by atomic mass is 79.9. The van der Waals surface area contributed by atoms with E-state index >= 15 is 0 Å². The average molecular weight is 274 g/mol. The van der Waals surface area contributed by atoms with Crippen molar-refractivity contribution in [2.75, 3.05) is 6.54 Å². The minimum atomic E-state index is 0.781. The van der Waals surface area contributed by atoms with Gasteiger partial charge in [0.1, 0.15) is 0 Å². The molecule has 0 saturated carbocycles. The molecule has 0 radical (unpaired) electrons. The van der Waals surface area contributed by atoms with E-state index in [4.69, 9.17) is 11.8 Å². The Labute approximate surface area is 96.3 Å². The first-order chi connectivity index (χ1) is 6.77. The number of rotatable bonds is 3. The predicted octanol–water partition coefficient (Wildman–Crippen LogP) is 3.48. The summed E-state index contributed by atoms with van der Waals surface area (Å²) in [6, 6.07) is 8.27. The standard InChI is InChI=1S/C10H10BrClN2/c11-14(12)6-5-8-7-13-10-4-2-1-3-9(8)10/h1-4,7,13H,5-6H2. The Balaban J connectivity index is 2.25. The molecule has 0 spiro atoms. The lowest BCUT2D eigenvalue weighted by atomic mass is 10.1. The van der Waals surface area contributed by atoms with E-state index in [2.05, 4.69) is 33.3 Å². The summed E-state index contributed by atoms with van der Waals surface area (Å²) in [5, 5.41) is 1.28. The average Bonchev–Trinajstić information content (AvgIpc) is 2.58. The molecule has 1 aromatic heterocycles. The number of H-pyrrole nitrogens is 1. The molecule has 1 N–H and O–H groups in total. The molecule has 0 aliphatic rings. The van der Waals surface area contributed by atoms with Crippen LogP contribution < -0.4 is 0 Å². The van der Waals surface area contributed by atoms with Gasteiger partial charge in [0.15, 0.2) is 0 Å². The molecule has 0 fully saturated rings. The van der Waals surface area contributed by atoms with Crippen LogP contribution in [0.3, 0.4) is 0 Å². The van der Waals surface area contributed by atoms with Gasteiger partial charge in [-0.15, -0.1) is 0 Å². The fraction of sp³-hybridized carbons (Fsp3) is 0.200. The highest BCUT2D eigenvalue weighted by Crippen LogP contribution is 2.18. The lowest BCUT2D eigenvalue weighted by Gasteiger charge is -2.02. The number of nitrogens with zero attached hydrogens (tertiary/aromatic N) is 1. The Kier molecular flexibility index (Phi) is 3.11. The van der Waals surface area contributed by atoms with Gasteiger partial charge < -0.3 is 4.98 Å². The molecular formula is C10H10BrClN2. The predicted molar refractivity (Wildman–Crippen MR) is 63.5 cm³/mol. The van der Waals surface area contributed by atoms with Crippen molar-refractivity contribution >= 4 is 38.8 Å². The molecule has 2 aromatic rings. The molecule has 0 unspecified atom stereocenters. The Morgan fingerprint density at radius 3 is 2.93 bits per heavy atom. The van der Waals surface area contributed by atoms with Crippen LogP contribution in [0.1, 0.15) is 5.56 Å². The fourth-order valence-electron chi connectivity index (χ4n) is 1.54. The van der Waals surface area contributed by atoms with E-state index in [-0.39, 0.29) is 0 Å². The quantitative estimate of drug-likeness (QED) is 0.848. The first kappa shape index (κ1) is 10.0. The molecule has 1 heterocycles. The number of hydrogen-bond acceptors (Lipinski definition) is 1. The molecular weight excluding hydrogens is 263 g/mol. The number of fused-ring (bicyclic) bond motifs is 1. The lowest BCUT2D eigenvalue weighted by molar-refractivity contribution is 0.731. The third-order valence-electron chi connectivity index (χ3n) is 2.23. The van der Waals surface area contributed by atoms with E-state index < -0.39 is 0 Å². The molecule has 1 aromatic carbocycles. The van der Waals surface area contributed by atoms with Gasteiger partial charge in [-0.05, 0) is 29.8 Å². The Bertz CT molecular complexity index is 425. The summed E-state index contributed by atoms with van der Waals surface area (Å²) in [5.74, 6) is 0. The maximum Gasteiger partial charge on any atom is 0.0456 e. The molecule has 0 aliphatic carbocycles. The number of halogens is 2. The van der Waals surface area contributed by atoms with Gasteiger partial charge >= 0.3 is 0 Å². The molecule has 14 heavy (non-hydrogen) atoms. The van der Waals surface area contributed by atoms with Crippen molar-refractivity contribution in [1.29, 1.82) is 0 Å². The molecule has 0 aliphatic heterocycles. The van der Waals surface area contributed by atoms with Crippen molar-refractivity contribution < 1.29 is 0 Å². The van der Waals surface area contributed by atoms with Crippen molar-refractivity contribution in [3.8, 4) is 0 Å². The Hall–Kier alpha value is -0.510. The van der Waals surface area contributed by atoms with Crippen LogP contribution in [0, 0.1) is 0 Å². The van der Waals surface area contributed by atoms with Crippen molar-refractivity contribution in [3.63, 3.8) is 0 Å². The van der Waals surface area contributed by atoms with Crippen LogP contribution in [0.15, 0.2) is 30.5 Å². The SMILES string of the molecule is ClN(Br)CCc1c[nH]c2ccccc12. The number of nitrogens with one attached hydrogen (secondary N) is 1. The van der Waals surface area contributed by atoms with Crippen molar-refractivity contribution in [2.45, 2.75) is 6.42 Å². The number of aromatic amines is 1. The first-order valence-electron chi connectivity index (χ1n) is 4.41. The topological polar surface area (TPSA) is 19.0 Å². The van der Waals surface area contributed by atoms with Gasteiger partial charge in [-0.1, -0.05) is 18.2 Å². The number of benzene rings is 1. The number of aromatic nitrogens is 1. The van der Waals surface area contributed by atoms with Crippen molar-refractivity contribution in [3.05, 3.63) is 36.0 Å². The highest BCUT2D eigenvalue weighted by molar-refractivity contribution is 9.08. The normalized spacial score (nSPS) is 11.4. The second kappa shape index (κ2) is 4.34. The van der Waals surface area contributed by atoms with E-state index in [1.807, 2.05) is 18.3 Å². The zero-order valence-corrected chi connectivity index (χ0v) is 9.85. The minimum absolute atomic E-state index is 0.781. The second-order valence-corrected chi connectivity index (χ2v) is 4.81. The molecule has 2 rings (SSSR count). The van der Waals surface area contributed by atoms with Crippen molar-refractivity contribution in [1.82, 2.24) is 8.43 Å². The zero-order chi connectivity index (χ0) is 9.97. The van der Waals surface area contributed by atoms with Crippen molar-refractivity contribution in [2.24, 2.45) is 0 Å². The van der Waals surface area contributed by atoms with Gasteiger partial charge in [0.25, 0.3) is 0 Å². The van der Waals surface area contributed by atoms with Gasteiger partial charge in [0.05, 0.1) is 0 Å². The molecule has 0 atom stereocenters. The third-order valence-corrected chi connectivity index (χ3v) is 2.75. The van der Waals surface area contributed by atoms with Crippen LogP contribution in [0.4, 0.5) is 0 Å². The Morgan fingerprint density at radius 1 is 1.36 bits per heavy atom. The van der Waals surface area contributed by atoms with Crippen LogP contribution in [-0.4, -0.2) is 15.0 Å². The smallest absolute Gasteiger partial charge is 0.0456 e. The van der Waals surface area contributed by atoms with Crippen LogP contribution in [0.2, 0.25) is 0 Å². The maximum atomic E-state index is 5.69. The minimum Gasteiger partial charge on any atom is -0.361 e.